The first-order valence-electron chi connectivity index (χ1n) is 4.89. The second kappa shape index (κ2) is 5.03. The quantitative estimate of drug-likeness (QED) is 0.849. The van der Waals surface area contributed by atoms with Crippen molar-refractivity contribution in [2.24, 2.45) is 5.73 Å². The largest absolute Gasteiger partial charge is 0.338 e. The Morgan fingerprint density at radius 1 is 1.50 bits per heavy atom. The van der Waals surface area contributed by atoms with Gasteiger partial charge in [-0.2, -0.15) is 0 Å². The van der Waals surface area contributed by atoms with Gasteiger partial charge < -0.3 is 10.6 Å². The summed E-state index contributed by atoms with van der Waals surface area (Å²) >= 11 is 0. The number of carbonyl (C=O) groups is 1. The van der Waals surface area contributed by atoms with Gasteiger partial charge in [0.25, 0.3) is 5.91 Å². The van der Waals surface area contributed by atoms with Gasteiger partial charge in [-0.05, 0) is 19.1 Å². The standard InChI is InChI=1S/C11H14F2N2O/c1-7(6-14)15(2)11(16)9-4-3-8(12)5-10(9)13/h3-5,7H,6,14H2,1-2H3. The van der Waals surface area contributed by atoms with Crippen molar-refractivity contribution in [2.75, 3.05) is 13.6 Å². The number of nitrogens with two attached hydrogens (primary N) is 1. The van der Waals surface area contributed by atoms with Gasteiger partial charge >= 0.3 is 0 Å². The molecule has 88 valence electrons. The Balaban J connectivity index is 2.96. The van der Waals surface area contributed by atoms with Crippen molar-refractivity contribution in [1.82, 2.24) is 4.90 Å². The molecule has 0 saturated carbocycles. The number of hydrogen-bond acceptors (Lipinski definition) is 2. The van der Waals surface area contributed by atoms with E-state index in [9.17, 15) is 13.6 Å². The molecule has 0 saturated heterocycles. The van der Waals surface area contributed by atoms with Gasteiger partial charge in [0.1, 0.15) is 11.6 Å². The molecule has 1 amide bonds. The van der Waals surface area contributed by atoms with E-state index in [2.05, 4.69) is 0 Å². The number of benzene rings is 1. The monoisotopic (exact) mass is 228 g/mol. The number of likely N-dealkylation sites (N-methyl/N-ethyl adjacent to an activating group) is 1. The van der Waals surface area contributed by atoms with Gasteiger partial charge in [0.15, 0.2) is 0 Å². The number of amides is 1. The SMILES string of the molecule is CC(CN)N(C)C(=O)c1ccc(F)cc1F. The molecule has 3 nitrogen and oxygen atoms in total. The summed E-state index contributed by atoms with van der Waals surface area (Å²) in [5, 5.41) is 0. The van der Waals surface area contributed by atoms with Crippen molar-refractivity contribution in [3.05, 3.63) is 35.4 Å². The summed E-state index contributed by atoms with van der Waals surface area (Å²) < 4.78 is 26.0. The van der Waals surface area contributed by atoms with Crippen molar-refractivity contribution >= 4 is 5.91 Å². The van der Waals surface area contributed by atoms with Crippen LogP contribution in [0.1, 0.15) is 17.3 Å². The van der Waals surface area contributed by atoms with E-state index < -0.39 is 17.5 Å². The number of hydrogen-bond donors (Lipinski definition) is 1. The topological polar surface area (TPSA) is 46.3 Å². The fraction of sp³-hybridized carbons (Fsp3) is 0.364. The number of nitrogens with zero attached hydrogens (tertiary/aromatic N) is 1. The van der Waals surface area contributed by atoms with E-state index in [1.165, 1.54) is 11.9 Å². The molecule has 0 radical (unpaired) electrons. The van der Waals surface area contributed by atoms with Crippen molar-refractivity contribution in [1.29, 1.82) is 0 Å². The fourth-order valence-corrected chi connectivity index (χ4v) is 1.21. The predicted octanol–water partition coefficient (Wildman–Crippen LogP) is 1.38. The third-order valence-electron chi connectivity index (χ3n) is 2.48. The van der Waals surface area contributed by atoms with Gasteiger partial charge in [0.05, 0.1) is 5.56 Å². The van der Waals surface area contributed by atoms with Crippen molar-refractivity contribution in [2.45, 2.75) is 13.0 Å². The van der Waals surface area contributed by atoms with Crippen LogP contribution in [0.4, 0.5) is 8.78 Å². The lowest BCUT2D eigenvalue weighted by Crippen LogP contribution is -2.40. The maximum Gasteiger partial charge on any atom is 0.256 e. The van der Waals surface area contributed by atoms with Gasteiger partial charge in [-0.3, -0.25) is 4.79 Å². The number of carbonyl (C=O) groups excluding carboxylic acids is 1. The minimum atomic E-state index is -0.860. The van der Waals surface area contributed by atoms with Crippen LogP contribution in [0.5, 0.6) is 0 Å². The third kappa shape index (κ3) is 2.55. The second-order valence-corrected chi connectivity index (χ2v) is 3.62. The molecule has 1 atom stereocenters. The molecule has 0 spiro atoms. The summed E-state index contributed by atoms with van der Waals surface area (Å²) in [5.41, 5.74) is 5.25. The first-order valence-corrected chi connectivity index (χ1v) is 4.89. The molecule has 1 aromatic carbocycles. The van der Waals surface area contributed by atoms with Gasteiger partial charge in [-0.15, -0.1) is 0 Å². The van der Waals surface area contributed by atoms with Crippen molar-refractivity contribution in [3.63, 3.8) is 0 Å². The lowest BCUT2D eigenvalue weighted by molar-refractivity contribution is 0.0743. The zero-order chi connectivity index (χ0) is 12.3. The van der Waals surface area contributed by atoms with Crippen LogP contribution in [0, 0.1) is 11.6 Å². The molecule has 2 N–H and O–H groups in total. The van der Waals surface area contributed by atoms with E-state index in [1.54, 1.807) is 6.92 Å². The maximum absolute atomic E-state index is 13.3. The molecule has 0 heterocycles. The zero-order valence-corrected chi connectivity index (χ0v) is 9.21. The highest BCUT2D eigenvalue weighted by molar-refractivity contribution is 5.94. The molecule has 16 heavy (non-hydrogen) atoms. The van der Waals surface area contributed by atoms with Gasteiger partial charge in [0, 0.05) is 25.7 Å². The second-order valence-electron chi connectivity index (χ2n) is 3.62. The summed E-state index contributed by atoms with van der Waals surface area (Å²) in [4.78, 5) is 13.1. The summed E-state index contributed by atoms with van der Waals surface area (Å²) in [6, 6.07) is 2.68. The average molecular weight is 228 g/mol. The molecule has 1 aromatic rings. The molecule has 0 aliphatic rings. The van der Waals surface area contributed by atoms with E-state index in [1.807, 2.05) is 0 Å². The Hall–Kier alpha value is -1.49. The van der Waals surface area contributed by atoms with Crippen LogP contribution in [-0.2, 0) is 0 Å². The summed E-state index contributed by atoms with van der Waals surface area (Å²) in [7, 11) is 1.53. The van der Waals surface area contributed by atoms with E-state index in [0.717, 1.165) is 12.1 Å². The van der Waals surface area contributed by atoms with E-state index in [4.69, 9.17) is 5.73 Å². The van der Waals surface area contributed by atoms with E-state index in [0.29, 0.717) is 6.07 Å². The van der Waals surface area contributed by atoms with Crippen LogP contribution in [0.15, 0.2) is 18.2 Å². The molecule has 5 heteroatoms. The third-order valence-corrected chi connectivity index (χ3v) is 2.48. The molecule has 1 rings (SSSR count). The molecule has 1 unspecified atom stereocenters. The lowest BCUT2D eigenvalue weighted by atomic mass is 10.1. The average Bonchev–Trinajstić information content (AvgIpc) is 2.26. The highest BCUT2D eigenvalue weighted by Crippen LogP contribution is 2.12. The Kier molecular flexibility index (Phi) is 3.95. The number of rotatable bonds is 3. The highest BCUT2D eigenvalue weighted by Gasteiger charge is 2.19. The zero-order valence-electron chi connectivity index (χ0n) is 9.21. The van der Waals surface area contributed by atoms with E-state index in [-0.39, 0.29) is 18.2 Å². The minimum absolute atomic E-state index is 0.149. The molecular formula is C11H14F2N2O. The number of halogens is 2. The predicted molar refractivity (Wildman–Crippen MR) is 57.0 cm³/mol. The smallest absolute Gasteiger partial charge is 0.256 e. The maximum atomic E-state index is 13.3. The highest BCUT2D eigenvalue weighted by atomic mass is 19.1. The molecule has 0 fully saturated rings. The van der Waals surface area contributed by atoms with Crippen LogP contribution in [0.3, 0.4) is 0 Å². The van der Waals surface area contributed by atoms with Crippen LogP contribution in [0.25, 0.3) is 0 Å². The first-order chi connectivity index (χ1) is 7.47. The minimum Gasteiger partial charge on any atom is -0.338 e. The summed E-state index contributed by atoms with van der Waals surface area (Å²) in [6.45, 7) is 2.03. The summed E-state index contributed by atoms with van der Waals surface area (Å²) in [5.74, 6) is -2.07. The van der Waals surface area contributed by atoms with Crippen LogP contribution in [0.2, 0.25) is 0 Å². The van der Waals surface area contributed by atoms with Gasteiger partial charge in [-0.1, -0.05) is 0 Å². The van der Waals surface area contributed by atoms with Gasteiger partial charge in [-0.25, -0.2) is 8.78 Å². The molecule has 0 aliphatic heterocycles. The Labute approximate surface area is 92.8 Å². The fourth-order valence-electron chi connectivity index (χ4n) is 1.21. The van der Waals surface area contributed by atoms with Crippen LogP contribution < -0.4 is 5.73 Å². The Morgan fingerprint density at radius 3 is 2.62 bits per heavy atom. The molecule has 0 aromatic heterocycles. The Bertz CT molecular complexity index is 396. The van der Waals surface area contributed by atoms with Crippen LogP contribution in [-0.4, -0.2) is 30.4 Å². The first kappa shape index (κ1) is 12.6. The van der Waals surface area contributed by atoms with Gasteiger partial charge in [0.2, 0.25) is 0 Å². The van der Waals surface area contributed by atoms with Crippen molar-refractivity contribution in [3.8, 4) is 0 Å². The molecule has 0 aliphatic carbocycles. The van der Waals surface area contributed by atoms with E-state index >= 15 is 0 Å². The molecular weight excluding hydrogens is 214 g/mol. The van der Waals surface area contributed by atoms with Crippen molar-refractivity contribution < 1.29 is 13.6 Å². The Morgan fingerprint density at radius 2 is 2.12 bits per heavy atom. The summed E-state index contributed by atoms with van der Waals surface area (Å²) in [6.07, 6.45) is 0. The normalized spacial score (nSPS) is 12.3. The molecule has 0 bridgehead atoms. The van der Waals surface area contributed by atoms with Crippen LogP contribution >= 0.6 is 0 Å². The lowest BCUT2D eigenvalue weighted by Gasteiger charge is -2.23.